The predicted octanol–water partition coefficient (Wildman–Crippen LogP) is 4.97. The van der Waals surface area contributed by atoms with Crippen LogP contribution in [0.15, 0.2) is 54.7 Å². The fourth-order valence-electron chi connectivity index (χ4n) is 3.60. The zero-order valence-corrected chi connectivity index (χ0v) is 15.2. The molecule has 0 amide bonds. The van der Waals surface area contributed by atoms with Crippen LogP contribution in [0.5, 0.6) is 0 Å². The maximum atomic E-state index is 14.6. The number of nitrogens with zero attached hydrogens (tertiary/aromatic N) is 1. The monoisotopic (exact) mass is 395 g/mol. The summed E-state index contributed by atoms with van der Waals surface area (Å²) in [5.74, 6) is -2.33. The molecular weight excluding hydrogens is 377 g/mol. The first kappa shape index (κ1) is 19.9. The predicted molar refractivity (Wildman–Crippen MR) is 95.7 cm³/mol. The molecule has 1 saturated heterocycles. The van der Waals surface area contributed by atoms with E-state index in [2.05, 4.69) is 11.9 Å². The van der Waals surface area contributed by atoms with E-state index in [0.717, 1.165) is 24.3 Å². The third-order valence-electron chi connectivity index (χ3n) is 5.12. The van der Waals surface area contributed by atoms with Crippen LogP contribution in [0.1, 0.15) is 29.5 Å². The summed E-state index contributed by atoms with van der Waals surface area (Å²) in [6.07, 6.45) is -4.48. The van der Waals surface area contributed by atoms with E-state index in [0.29, 0.717) is 11.3 Å². The fourth-order valence-corrected chi connectivity index (χ4v) is 3.60. The average molecular weight is 395 g/mol. The van der Waals surface area contributed by atoms with Gasteiger partial charge in [-0.3, -0.25) is 5.41 Å². The van der Waals surface area contributed by atoms with Gasteiger partial charge in [-0.15, -0.1) is 0 Å². The van der Waals surface area contributed by atoms with Crippen LogP contribution in [-0.2, 0) is 11.7 Å². The van der Waals surface area contributed by atoms with Gasteiger partial charge < -0.3 is 10.2 Å². The molecule has 3 rings (SSSR count). The van der Waals surface area contributed by atoms with Crippen LogP contribution in [-0.4, -0.2) is 17.9 Å². The lowest BCUT2D eigenvalue weighted by Crippen LogP contribution is -2.59. The highest BCUT2D eigenvalue weighted by Crippen LogP contribution is 2.46. The molecule has 2 aromatic carbocycles. The average Bonchev–Trinajstić information content (AvgIpc) is 2.59. The van der Waals surface area contributed by atoms with Gasteiger partial charge in [0.05, 0.1) is 17.0 Å². The lowest BCUT2D eigenvalue weighted by molar-refractivity contribution is -0.137. The zero-order valence-electron chi connectivity index (χ0n) is 15.2. The van der Waals surface area contributed by atoms with Crippen LogP contribution in [0.4, 0.5) is 22.0 Å². The molecule has 0 saturated carbocycles. The van der Waals surface area contributed by atoms with Gasteiger partial charge in [0.2, 0.25) is 0 Å². The lowest BCUT2D eigenvalue weighted by atomic mass is 9.72. The Kier molecular flexibility index (Phi) is 4.69. The van der Waals surface area contributed by atoms with Gasteiger partial charge in [0.1, 0.15) is 11.6 Å². The third kappa shape index (κ3) is 3.23. The van der Waals surface area contributed by atoms with Crippen molar-refractivity contribution in [1.82, 2.24) is 10.2 Å². The molecule has 8 heteroatoms. The molecule has 1 heterocycles. The molecular formula is C20H18F5N3. The van der Waals surface area contributed by atoms with Crippen molar-refractivity contribution in [2.45, 2.75) is 24.6 Å². The summed E-state index contributed by atoms with van der Waals surface area (Å²) in [4.78, 5) is 1.44. The number of hydrogen-bond donors (Lipinski definition) is 2. The van der Waals surface area contributed by atoms with Gasteiger partial charge in [0.15, 0.2) is 5.96 Å². The van der Waals surface area contributed by atoms with E-state index in [1.165, 1.54) is 23.1 Å². The number of hydrogen-bond acceptors (Lipinski definition) is 1. The van der Waals surface area contributed by atoms with Crippen LogP contribution < -0.4 is 5.32 Å². The normalized spacial score (nSPS) is 23.0. The molecule has 2 N–H and O–H groups in total. The zero-order chi connectivity index (χ0) is 20.9. The second-order valence-electron chi connectivity index (χ2n) is 6.90. The summed E-state index contributed by atoms with van der Waals surface area (Å²) in [5, 5.41) is 11.0. The van der Waals surface area contributed by atoms with E-state index in [9.17, 15) is 22.0 Å². The Balaban J connectivity index is 2.16. The number of nitrogens with one attached hydrogen (secondary N) is 2. The topological polar surface area (TPSA) is 39.1 Å². The summed E-state index contributed by atoms with van der Waals surface area (Å²) in [6, 6.07) is 7.61. The first-order chi connectivity index (χ1) is 12.9. The number of halogens is 5. The molecule has 1 fully saturated rings. The summed E-state index contributed by atoms with van der Waals surface area (Å²) >= 11 is 0. The number of benzene rings is 2. The Bertz CT molecular complexity index is 936. The van der Waals surface area contributed by atoms with Crippen molar-refractivity contribution in [2.75, 3.05) is 7.05 Å². The Morgan fingerprint density at radius 2 is 1.71 bits per heavy atom. The number of guanidine groups is 1. The SMILES string of the molecule is C=C1[C@@H](c2ccc(C(F)(F)F)cc2)[C@@](C)(c2ccc(F)cc2F)NC(=N)N1C. The summed E-state index contributed by atoms with van der Waals surface area (Å²) in [7, 11) is 1.58. The molecule has 28 heavy (non-hydrogen) atoms. The van der Waals surface area contributed by atoms with Gasteiger partial charge in [-0.05, 0) is 30.7 Å². The van der Waals surface area contributed by atoms with Crippen LogP contribution in [0.2, 0.25) is 0 Å². The molecule has 1 aliphatic heterocycles. The minimum Gasteiger partial charge on any atom is -0.346 e. The van der Waals surface area contributed by atoms with Crippen LogP contribution in [0, 0.1) is 17.0 Å². The molecule has 3 nitrogen and oxygen atoms in total. The quantitative estimate of drug-likeness (QED) is 0.705. The lowest BCUT2D eigenvalue weighted by Gasteiger charge is -2.48. The Morgan fingerprint density at radius 1 is 1.11 bits per heavy atom. The van der Waals surface area contributed by atoms with Crippen molar-refractivity contribution in [3.05, 3.63) is 83.1 Å². The minimum atomic E-state index is -4.48. The van der Waals surface area contributed by atoms with Gasteiger partial charge in [0, 0.05) is 24.4 Å². The maximum absolute atomic E-state index is 14.6. The largest absolute Gasteiger partial charge is 0.416 e. The van der Waals surface area contributed by atoms with E-state index in [4.69, 9.17) is 5.41 Å². The van der Waals surface area contributed by atoms with Gasteiger partial charge in [-0.25, -0.2) is 8.78 Å². The molecule has 0 aliphatic carbocycles. The second kappa shape index (κ2) is 6.61. The van der Waals surface area contributed by atoms with Gasteiger partial charge in [-0.1, -0.05) is 24.8 Å². The van der Waals surface area contributed by atoms with Crippen LogP contribution >= 0.6 is 0 Å². The molecule has 0 bridgehead atoms. The molecule has 1 aliphatic rings. The fraction of sp³-hybridized carbons (Fsp3) is 0.250. The number of alkyl halides is 3. The van der Waals surface area contributed by atoms with E-state index in [1.54, 1.807) is 14.0 Å². The first-order valence-corrected chi connectivity index (χ1v) is 8.37. The first-order valence-electron chi connectivity index (χ1n) is 8.37. The number of rotatable bonds is 2. The van der Waals surface area contributed by atoms with Crippen LogP contribution in [0.25, 0.3) is 0 Å². The molecule has 0 unspecified atom stereocenters. The Hall–Kier alpha value is -2.90. The van der Waals surface area contributed by atoms with Gasteiger partial charge in [0.25, 0.3) is 0 Å². The standard InChI is InChI=1S/C20H18F5N3/c1-11-17(12-4-6-13(7-5-12)20(23,24)25)19(2,27-18(26)28(11)3)15-9-8-14(21)10-16(15)22/h4-10,17H,1H2,2-3H3,(H2,26,27)/t17-,19+/m0/s1. The minimum absolute atomic E-state index is 0.0561. The highest BCUT2D eigenvalue weighted by molar-refractivity contribution is 5.82. The highest BCUT2D eigenvalue weighted by Gasteiger charge is 2.46. The van der Waals surface area contributed by atoms with E-state index in [1.807, 2.05) is 0 Å². The third-order valence-corrected chi connectivity index (χ3v) is 5.12. The Labute approximate surface area is 159 Å². The van der Waals surface area contributed by atoms with E-state index < -0.39 is 34.8 Å². The van der Waals surface area contributed by atoms with Crippen molar-refractivity contribution in [1.29, 1.82) is 5.41 Å². The number of likely N-dealkylation sites (N-methyl/N-ethyl adjacent to an activating group) is 1. The van der Waals surface area contributed by atoms with E-state index >= 15 is 0 Å². The van der Waals surface area contributed by atoms with Crippen molar-refractivity contribution in [3.63, 3.8) is 0 Å². The summed E-state index contributed by atoms with van der Waals surface area (Å²) < 4.78 is 66.7. The van der Waals surface area contributed by atoms with E-state index in [-0.39, 0.29) is 11.5 Å². The Morgan fingerprint density at radius 3 is 2.25 bits per heavy atom. The second-order valence-corrected chi connectivity index (χ2v) is 6.90. The van der Waals surface area contributed by atoms with Crippen molar-refractivity contribution < 1.29 is 22.0 Å². The highest BCUT2D eigenvalue weighted by atomic mass is 19.4. The maximum Gasteiger partial charge on any atom is 0.416 e. The van der Waals surface area contributed by atoms with Crippen LogP contribution in [0.3, 0.4) is 0 Å². The van der Waals surface area contributed by atoms with Gasteiger partial charge in [-0.2, -0.15) is 13.2 Å². The summed E-state index contributed by atoms with van der Waals surface area (Å²) in [5.41, 5.74) is -1.14. The van der Waals surface area contributed by atoms with Crippen molar-refractivity contribution in [2.24, 2.45) is 0 Å². The van der Waals surface area contributed by atoms with Gasteiger partial charge >= 0.3 is 6.18 Å². The molecule has 148 valence electrons. The van der Waals surface area contributed by atoms with Crippen molar-refractivity contribution >= 4 is 5.96 Å². The molecule has 2 atom stereocenters. The molecule has 2 aromatic rings. The van der Waals surface area contributed by atoms with Crippen molar-refractivity contribution in [3.8, 4) is 0 Å². The molecule has 0 aromatic heterocycles. The molecule has 0 radical (unpaired) electrons. The molecule has 0 spiro atoms. The summed E-state index contributed by atoms with van der Waals surface area (Å²) in [6.45, 7) is 5.58. The smallest absolute Gasteiger partial charge is 0.346 e.